The van der Waals surface area contributed by atoms with Crippen LogP contribution >= 0.6 is 0 Å². The van der Waals surface area contributed by atoms with E-state index in [9.17, 15) is 4.79 Å². The van der Waals surface area contributed by atoms with Crippen molar-refractivity contribution >= 4 is 17.0 Å². The van der Waals surface area contributed by atoms with Crippen LogP contribution in [-0.4, -0.2) is 21.7 Å². The molecular formula is C10H11N3O2. The lowest BCUT2D eigenvalue weighted by molar-refractivity contribution is -0.144. The second-order valence-electron chi connectivity index (χ2n) is 3.26. The first kappa shape index (κ1) is 9.67. The van der Waals surface area contributed by atoms with Gasteiger partial charge in [-0.1, -0.05) is 12.1 Å². The molecule has 0 aliphatic rings. The van der Waals surface area contributed by atoms with Crippen molar-refractivity contribution in [1.29, 1.82) is 0 Å². The molecule has 0 radical (unpaired) electrons. The minimum Gasteiger partial charge on any atom is -0.333 e. The SMILES string of the molecule is C[C@H](N)C(=O)On1cnc2ccccc21. The highest BCUT2D eigenvalue weighted by atomic mass is 16.7. The van der Waals surface area contributed by atoms with Crippen LogP contribution in [0.3, 0.4) is 0 Å². The van der Waals surface area contributed by atoms with Gasteiger partial charge in [0.25, 0.3) is 0 Å². The van der Waals surface area contributed by atoms with E-state index in [-0.39, 0.29) is 0 Å². The van der Waals surface area contributed by atoms with Crippen LogP contribution in [0, 0.1) is 0 Å². The van der Waals surface area contributed by atoms with Gasteiger partial charge in [-0.15, -0.1) is 0 Å². The van der Waals surface area contributed by atoms with Gasteiger partial charge in [-0.3, -0.25) is 0 Å². The number of imidazole rings is 1. The standard InChI is InChI=1S/C10H11N3O2/c1-7(11)10(14)15-13-6-12-8-4-2-3-5-9(8)13/h2-7H,11H2,1H3/t7-/m0/s1. The Hall–Kier alpha value is -1.88. The summed E-state index contributed by atoms with van der Waals surface area (Å²) in [7, 11) is 0. The molecule has 2 aromatic rings. The number of rotatable bonds is 2. The van der Waals surface area contributed by atoms with Crippen LogP contribution in [0.15, 0.2) is 30.6 Å². The Bertz CT molecular complexity index is 490. The first-order valence-electron chi connectivity index (χ1n) is 4.58. The Morgan fingerprint density at radius 1 is 1.53 bits per heavy atom. The van der Waals surface area contributed by atoms with Crippen molar-refractivity contribution < 1.29 is 9.63 Å². The maximum atomic E-state index is 11.3. The smallest absolute Gasteiger partial charge is 0.333 e. The van der Waals surface area contributed by atoms with Crippen molar-refractivity contribution in [2.45, 2.75) is 13.0 Å². The minimum absolute atomic E-state index is 0.488. The van der Waals surface area contributed by atoms with E-state index in [1.54, 1.807) is 6.92 Å². The molecule has 1 atom stereocenters. The Morgan fingerprint density at radius 3 is 3.00 bits per heavy atom. The summed E-state index contributed by atoms with van der Waals surface area (Å²) in [6.45, 7) is 1.57. The Labute approximate surface area is 86.4 Å². The number of carbonyl (C=O) groups excluding carboxylic acids is 1. The van der Waals surface area contributed by atoms with Crippen molar-refractivity contribution in [3.8, 4) is 0 Å². The zero-order chi connectivity index (χ0) is 10.8. The average molecular weight is 205 g/mol. The molecule has 2 rings (SSSR count). The van der Waals surface area contributed by atoms with Crippen LogP contribution in [0.2, 0.25) is 0 Å². The molecule has 0 unspecified atom stereocenters. The molecule has 1 heterocycles. The number of carbonyl (C=O) groups is 1. The molecule has 0 bridgehead atoms. The number of aromatic nitrogens is 2. The molecule has 0 aliphatic carbocycles. The lowest BCUT2D eigenvalue weighted by Crippen LogP contribution is -2.34. The summed E-state index contributed by atoms with van der Waals surface area (Å²) in [5, 5.41) is 0. The normalized spacial score (nSPS) is 12.7. The summed E-state index contributed by atoms with van der Waals surface area (Å²) in [5.41, 5.74) is 6.90. The van der Waals surface area contributed by atoms with E-state index in [2.05, 4.69) is 4.98 Å². The van der Waals surface area contributed by atoms with Gasteiger partial charge in [-0.2, -0.15) is 4.73 Å². The van der Waals surface area contributed by atoms with Gasteiger partial charge in [0.15, 0.2) is 0 Å². The number of nitrogens with zero attached hydrogens (tertiary/aromatic N) is 2. The van der Waals surface area contributed by atoms with E-state index >= 15 is 0 Å². The lowest BCUT2D eigenvalue weighted by Gasteiger charge is -2.06. The van der Waals surface area contributed by atoms with E-state index in [4.69, 9.17) is 10.6 Å². The Kier molecular flexibility index (Phi) is 2.39. The van der Waals surface area contributed by atoms with Crippen molar-refractivity contribution in [2.75, 3.05) is 0 Å². The van der Waals surface area contributed by atoms with Gasteiger partial charge >= 0.3 is 5.97 Å². The minimum atomic E-state index is -0.647. The predicted molar refractivity (Wildman–Crippen MR) is 55.0 cm³/mol. The summed E-state index contributed by atoms with van der Waals surface area (Å²) in [4.78, 5) is 20.4. The summed E-state index contributed by atoms with van der Waals surface area (Å²) in [6, 6.07) is 6.72. The highest BCUT2D eigenvalue weighted by molar-refractivity contribution is 5.78. The molecule has 5 heteroatoms. The summed E-state index contributed by atoms with van der Waals surface area (Å²) < 4.78 is 1.32. The molecule has 1 aromatic heterocycles. The number of nitrogens with two attached hydrogens (primary N) is 1. The fourth-order valence-corrected chi connectivity index (χ4v) is 1.19. The molecule has 0 amide bonds. The molecule has 0 saturated heterocycles. The fraction of sp³-hybridized carbons (Fsp3) is 0.200. The second kappa shape index (κ2) is 3.70. The molecule has 0 aliphatic heterocycles. The van der Waals surface area contributed by atoms with E-state index < -0.39 is 12.0 Å². The van der Waals surface area contributed by atoms with Crippen LogP contribution < -0.4 is 10.6 Å². The molecule has 1 aromatic carbocycles. The third kappa shape index (κ3) is 1.82. The first-order chi connectivity index (χ1) is 7.18. The van der Waals surface area contributed by atoms with Crippen LogP contribution in [-0.2, 0) is 4.79 Å². The number of benzene rings is 1. The van der Waals surface area contributed by atoms with E-state index in [0.717, 1.165) is 11.0 Å². The lowest BCUT2D eigenvalue weighted by atomic mass is 10.3. The highest BCUT2D eigenvalue weighted by Gasteiger charge is 2.11. The molecule has 0 saturated carbocycles. The van der Waals surface area contributed by atoms with Gasteiger partial charge in [0.2, 0.25) is 0 Å². The van der Waals surface area contributed by atoms with Gasteiger partial charge in [-0.05, 0) is 19.1 Å². The molecule has 5 nitrogen and oxygen atoms in total. The molecule has 2 N–H and O–H groups in total. The van der Waals surface area contributed by atoms with Crippen molar-refractivity contribution in [3.05, 3.63) is 30.6 Å². The van der Waals surface area contributed by atoms with Crippen LogP contribution in [0.5, 0.6) is 0 Å². The summed E-state index contributed by atoms with van der Waals surface area (Å²) >= 11 is 0. The zero-order valence-corrected chi connectivity index (χ0v) is 8.25. The van der Waals surface area contributed by atoms with Crippen molar-refractivity contribution in [2.24, 2.45) is 5.73 Å². The van der Waals surface area contributed by atoms with Crippen LogP contribution in [0.1, 0.15) is 6.92 Å². The molecule has 0 fully saturated rings. The third-order valence-corrected chi connectivity index (χ3v) is 1.98. The Morgan fingerprint density at radius 2 is 2.27 bits per heavy atom. The Balaban J connectivity index is 2.33. The number of hydrogen-bond donors (Lipinski definition) is 1. The quantitative estimate of drug-likeness (QED) is 0.767. The summed E-state index contributed by atoms with van der Waals surface area (Å²) in [5.74, 6) is -0.488. The van der Waals surface area contributed by atoms with Crippen molar-refractivity contribution in [1.82, 2.24) is 9.71 Å². The highest BCUT2D eigenvalue weighted by Crippen LogP contribution is 2.09. The largest absolute Gasteiger partial charge is 0.349 e. The van der Waals surface area contributed by atoms with Crippen LogP contribution in [0.4, 0.5) is 0 Å². The van der Waals surface area contributed by atoms with Gasteiger partial charge < -0.3 is 10.6 Å². The van der Waals surface area contributed by atoms with E-state index in [1.807, 2.05) is 24.3 Å². The number of fused-ring (bicyclic) bond motifs is 1. The van der Waals surface area contributed by atoms with Gasteiger partial charge in [0, 0.05) is 0 Å². The number of para-hydroxylation sites is 2. The second-order valence-corrected chi connectivity index (χ2v) is 3.26. The third-order valence-electron chi connectivity index (χ3n) is 1.98. The molecular weight excluding hydrogens is 194 g/mol. The van der Waals surface area contributed by atoms with Gasteiger partial charge in [0.1, 0.15) is 17.9 Å². The maximum absolute atomic E-state index is 11.3. The topological polar surface area (TPSA) is 70.1 Å². The van der Waals surface area contributed by atoms with E-state index in [0.29, 0.717) is 0 Å². The maximum Gasteiger partial charge on any atom is 0.349 e. The van der Waals surface area contributed by atoms with Gasteiger partial charge in [-0.25, -0.2) is 9.78 Å². The molecule has 15 heavy (non-hydrogen) atoms. The molecule has 78 valence electrons. The predicted octanol–water partition coefficient (Wildman–Crippen LogP) is 0.339. The van der Waals surface area contributed by atoms with Crippen molar-refractivity contribution in [3.63, 3.8) is 0 Å². The van der Waals surface area contributed by atoms with Gasteiger partial charge in [0.05, 0.1) is 5.52 Å². The fourth-order valence-electron chi connectivity index (χ4n) is 1.19. The van der Waals surface area contributed by atoms with Crippen LogP contribution in [0.25, 0.3) is 11.0 Å². The molecule has 0 spiro atoms. The summed E-state index contributed by atoms with van der Waals surface area (Å²) in [6.07, 6.45) is 1.45. The zero-order valence-electron chi connectivity index (χ0n) is 8.25. The monoisotopic (exact) mass is 205 g/mol. The average Bonchev–Trinajstić information content (AvgIpc) is 2.62. The first-order valence-corrected chi connectivity index (χ1v) is 4.58. The van der Waals surface area contributed by atoms with E-state index in [1.165, 1.54) is 11.1 Å². The number of hydrogen-bond acceptors (Lipinski definition) is 4.